The van der Waals surface area contributed by atoms with Gasteiger partial charge in [0.1, 0.15) is 9.90 Å². The highest BCUT2D eigenvalue weighted by molar-refractivity contribution is 9.11. The average Bonchev–Trinajstić information content (AvgIpc) is 2.87. The van der Waals surface area contributed by atoms with Gasteiger partial charge in [0, 0.05) is 12.7 Å². The number of hydrogen-bond acceptors (Lipinski definition) is 5. The van der Waals surface area contributed by atoms with Crippen molar-refractivity contribution < 1.29 is 18.3 Å². The summed E-state index contributed by atoms with van der Waals surface area (Å²) in [6, 6.07) is 5.87. The number of halogens is 1. The van der Waals surface area contributed by atoms with Crippen LogP contribution in [-0.2, 0) is 10.0 Å². The Hall–Kier alpha value is -1.45. The molecule has 0 bridgehead atoms. The minimum Gasteiger partial charge on any atom is -0.477 e. The maximum absolute atomic E-state index is 12.6. The summed E-state index contributed by atoms with van der Waals surface area (Å²) in [5, 5.41) is 8.95. The van der Waals surface area contributed by atoms with E-state index in [0.717, 1.165) is 15.6 Å². The molecule has 9 heteroatoms. The number of nitrogens with zero attached hydrogens (tertiary/aromatic N) is 2. The lowest BCUT2D eigenvalue weighted by Gasteiger charge is -2.22. The molecule has 2 aromatic heterocycles. The Bertz CT molecular complexity index is 773. The molecule has 0 unspecified atom stereocenters. The first-order chi connectivity index (χ1) is 9.86. The summed E-state index contributed by atoms with van der Waals surface area (Å²) in [5.74, 6) is -1.20. The lowest BCUT2D eigenvalue weighted by atomic mass is 10.3. The highest BCUT2D eigenvalue weighted by atomic mass is 79.9. The Kier molecular flexibility index (Phi) is 4.64. The fourth-order valence-electron chi connectivity index (χ4n) is 1.73. The van der Waals surface area contributed by atoms with Crippen LogP contribution in [0.3, 0.4) is 0 Å². The van der Waals surface area contributed by atoms with Crippen LogP contribution in [0.5, 0.6) is 0 Å². The number of hydrogen-bond donors (Lipinski definition) is 1. The van der Waals surface area contributed by atoms with E-state index in [1.807, 2.05) is 0 Å². The van der Waals surface area contributed by atoms with Crippen LogP contribution in [0.1, 0.15) is 17.4 Å². The van der Waals surface area contributed by atoms with E-state index < -0.39 is 16.0 Å². The zero-order chi connectivity index (χ0) is 15.6. The topological polar surface area (TPSA) is 87.6 Å². The van der Waals surface area contributed by atoms with E-state index in [1.54, 1.807) is 13.0 Å². The molecule has 21 heavy (non-hydrogen) atoms. The first kappa shape index (κ1) is 15.9. The fraction of sp³-hybridized carbons (Fsp3) is 0.167. The van der Waals surface area contributed by atoms with E-state index in [0.29, 0.717) is 3.79 Å². The molecular weight excluding hydrogens is 380 g/mol. The van der Waals surface area contributed by atoms with E-state index in [4.69, 9.17) is 5.11 Å². The van der Waals surface area contributed by atoms with Crippen molar-refractivity contribution in [2.24, 2.45) is 0 Å². The lowest BCUT2D eigenvalue weighted by Crippen LogP contribution is -2.30. The molecule has 0 saturated carbocycles. The minimum absolute atomic E-state index is 0.181. The maximum Gasteiger partial charge on any atom is 0.354 e. The number of carboxylic acids is 1. The van der Waals surface area contributed by atoms with Gasteiger partial charge in [-0.25, -0.2) is 18.2 Å². The number of rotatable bonds is 5. The average molecular weight is 391 g/mol. The zero-order valence-corrected chi connectivity index (χ0v) is 14.1. The summed E-state index contributed by atoms with van der Waals surface area (Å²) in [4.78, 5) is 14.6. The highest BCUT2D eigenvalue weighted by Gasteiger charge is 2.26. The second-order valence-corrected chi connectivity index (χ2v) is 8.48. The zero-order valence-electron chi connectivity index (χ0n) is 10.9. The van der Waals surface area contributed by atoms with Crippen LogP contribution < -0.4 is 4.31 Å². The molecule has 1 N–H and O–H groups in total. The summed E-state index contributed by atoms with van der Waals surface area (Å²) in [5.41, 5.74) is 0.0722. The van der Waals surface area contributed by atoms with Gasteiger partial charge in [-0.2, -0.15) is 0 Å². The molecule has 0 saturated heterocycles. The quantitative estimate of drug-likeness (QED) is 0.847. The summed E-state index contributed by atoms with van der Waals surface area (Å²) in [6.07, 6.45) is 1.28. The Morgan fingerprint density at radius 1 is 1.43 bits per heavy atom. The van der Waals surface area contributed by atoms with Crippen molar-refractivity contribution in [3.8, 4) is 0 Å². The molecular formula is C12H11BrN2O4S2. The summed E-state index contributed by atoms with van der Waals surface area (Å²) < 4.78 is 27.3. The third kappa shape index (κ3) is 3.25. The molecule has 0 aliphatic carbocycles. The third-order valence-corrected chi connectivity index (χ3v) is 6.62. The largest absolute Gasteiger partial charge is 0.477 e. The van der Waals surface area contributed by atoms with Crippen LogP contribution in [0.4, 0.5) is 5.69 Å². The number of pyridine rings is 1. The van der Waals surface area contributed by atoms with Crippen molar-refractivity contribution in [3.05, 3.63) is 39.9 Å². The second-order valence-electron chi connectivity index (χ2n) is 3.93. The van der Waals surface area contributed by atoms with Gasteiger partial charge < -0.3 is 5.11 Å². The first-order valence-corrected chi connectivity index (χ1v) is 8.88. The van der Waals surface area contributed by atoms with Gasteiger partial charge in [0.2, 0.25) is 0 Å². The van der Waals surface area contributed by atoms with E-state index in [-0.39, 0.29) is 22.1 Å². The van der Waals surface area contributed by atoms with E-state index >= 15 is 0 Å². The number of aromatic nitrogens is 1. The monoisotopic (exact) mass is 390 g/mol. The SMILES string of the molecule is CCN(c1ccnc(C(=O)O)c1)S(=O)(=O)c1ccc(Br)s1. The maximum atomic E-state index is 12.6. The van der Waals surface area contributed by atoms with Gasteiger partial charge in [0.25, 0.3) is 10.0 Å². The molecule has 2 heterocycles. The number of sulfonamides is 1. The van der Waals surface area contributed by atoms with Gasteiger partial charge in [-0.15, -0.1) is 11.3 Å². The Morgan fingerprint density at radius 2 is 2.14 bits per heavy atom. The van der Waals surface area contributed by atoms with E-state index in [1.165, 1.54) is 24.4 Å². The summed E-state index contributed by atoms with van der Waals surface area (Å²) >= 11 is 4.33. The molecule has 0 fully saturated rings. The number of anilines is 1. The minimum atomic E-state index is -3.72. The third-order valence-electron chi connectivity index (χ3n) is 2.63. The van der Waals surface area contributed by atoms with Gasteiger partial charge in [0.15, 0.2) is 0 Å². The van der Waals surface area contributed by atoms with Crippen molar-refractivity contribution >= 4 is 48.9 Å². The van der Waals surface area contributed by atoms with Crippen LogP contribution >= 0.6 is 27.3 Å². The van der Waals surface area contributed by atoms with Crippen LogP contribution in [0, 0.1) is 0 Å². The van der Waals surface area contributed by atoms with Crippen LogP contribution in [0.25, 0.3) is 0 Å². The number of thiophene rings is 1. The lowest BCUT2D eigenvalue weighted by molar-refractivity contribution is 0.0690. The number of carbonyl (C=O) groups is 1. The van der Waals surface area contributed by atoms with Crippen molar-refractivity contribution in [1.82, 2.24) is 4.98 Å². The molecule has 2 rings (SSSR count). The van der Waals surface area contributed by atoms with Crippen molar-refractivity contribution in [2.75, 3.05) is 10.8 Å². The highest BCUT2D eigenvalue weighted by Crippen LogP contribution is 2.31. The molecule has 2 aromatic rings. The van der Waals surface area contributed by atoms with Gasteiger partial charge in [0.05, 0.1) is 9.47 Å². The van der Waals surface area contributed by atoms with E-state index in [9.17, 15) is 13.2 Å². The molecule has 0 atom stereocenters. The number of aromatic carboxylic acids is 1. The van der Waals surface area contributed by atoms with Crippen molar-refractivity contribution in [2.45, 2.75) is 11.1 Å². The van der Waals surface area contributed by atoms with Gasteiger partial charge in [-0.05, 0) is 47.1 Å². The first-order valence-electron chi connectivity index (χ1n) is 5.83. The fourth-order valence-corrected chi connectivity index (χ4v) is 5.32. The molecule has 0 radical (unpaired) electrons. The van der Waals surface area contributed by atoms with Crippen molar-refractivity contribution in [1.29, 1.82) is 0 Å². The normalized spacial score (nSPS) is 11.3. The van der Waals surface area contributed by atoms with Crippen LogP contribution in [0.15, 0.2) is 38.5 Å². The standard InChI is InChI=1S/C12H11BrN2O4S2/c1-2-15(8-5-6-14-9(7-8)12(16)17)21(18,19)11-4-3-10(13)20-11/h3-7H,2H2,1H3,(H,16,17). The van der Waals surface area contributed by atoms with Gasteiger partial charge in [-0.1, -0.05) is 0 Å². The molecule has 6 nitrogen and oxygen atoms in total. The predicted octanol–water partition coefficient (Wildman–Crippen LogP) is 2.82. The van der Waals surface area contributed by atoms with Crippen molar-refractivity contribution in [3.63, 3.8) is 0 Å². The van der Waals surface area contributed by atoms with E-state index in [2.05, 4.69) is 20.9 Å². The Balaban J connectivity index is 2.49. The summed E-state index contributed by atoms with van der Waals surface area (Å²) in [7, 11) is -3.72. The van der Waals surface area contributed by atoms with Gasteiger partial charge >= 0.3 is 5.97 Å². The predicted molar refractivity (Wildman–Crippen MR) is 83.4 cm³/mol. The Labute approximate surface area is 134 Å². The molecule has 112 valence electrons. The van der Waals surface area contributed by atoms with Crippen LogP contribution in [0.2, 0.25) is 0 Å². The van der Waals surface area contributed by atoms with Gasteiger partial charge in [-0.3, -0.25) is 4.31 Å². The molecule has 0 aromatic carbocycles. The smallest absolute Gasteiger partial charge is 0.354 e. The Morgan fingerprint density at radius 3 is 2.67 bits per heavy atom. The molecule has 0 aliphatic rings. The second kappa shape index (κ2) is 6.12. The molecule has 0 amide bonds. The summed E-state index contributed by atoms with van der Waals surface area (Å²) in [6.45, 7) is 1.86. The molecule has 0 aliphatic heterocycles. The van der Waals surface area contributed by atoms with Crippen LogP contribution in [-0.4, -0.2) is 31.0 Å². The number of carboxylic acid groups (broad SMARTS) is 1. The molecule has 0 spiro atoms.